The van der Waals surface area contributed by atoms with Gasteiger partial charge in [0.1, 0.15) is 12.2 Å². The number of Topliss-reactive ketones (excluding diaryl/α,β-unsaturated/α-hetero) is 1. The summed E-state index contributed by atoms with van der Waals surface area (Å²) in [4.78, 5) is 21.8. The highest BCUT2D eigenvalue weighted by molar-refractivity contribution is 5.95. The summed E-state index contributed by atoms with van der Waals surface area (Å²) in [5.41, 5.74) is 0. The van der Waals surface area contributed by atoms with E-state index in [9.17, 15) is 9.59 Å². The molecular weight excluding hydrogens is 180 g/mol. The Morgan fingerprint density at radius 3 is 2.57 bits per heavy atom. The third-order valence-corrected chi connectivity index (χ3v) is 1.80. The van der Waals surface area contributed by atoms with E-state index in [1.54, 1.807) is 0 Å². The summed E-state index contributed by atoms with van der Waals surface area (Å²) in [6.07, 6.45) is 7.25. The van der Waals surface area contributed by atoms with E-state index in [0.29, 0.717) is 6.42 Å². The maximum atomic E-state index is 11.1. The van der Waals surface area contributed by atoms with Crippen LogP contribution in [0.2, 0.25) is 0 Å². The molecule has 0 aromatic rings. The van der Waals surface area contributed by atoms with Crippen molar-refractivity contribution in [3.8, 4) is 0 Å². The van der Waals surface area contributed by atoms with E-state index in [2.05, 4.69) is 23.8 Å². The molecule has 0 unspecified atom stereocenters. The molecular formula is C11H18O3. The summed E-state index contributed by atoms with van der Waals surface area (Å²) in [5.74, 6) is -0.485. The van der Waals surface area contributed by atoms with Gasteiger partial charge in [-0.1, -0.05) is 19.1 Å². The minimum atomic E-state index is -0.445. The lowest BCUT2D eigenvalue weighted by atomic mass is 10.1. The first-order chi connectivity index (χ1) is 6.70. The highest BCUT2D eigenvalue weighted by Crippen LogP contribution is 2.01. The maximum Gasteiger partial charge on any atom is 0.313 e. The van der Waals surface area contributed by atoms with E-state index < -0.39 is 5.97 Å². The SMILES string of the molecule is CC/C=C/CCCC(=O)CC(=O)OC. The molecule has 0 aliphatic rings. The third kappa shape index (κ3) is 7.53. The number of allylic oxidation sites excluding steroid dienone is 2. The number of carbonyl (C=O) groups is 2. The minimum absolute atomic E-state index is 0.0400. The van der Waals surface area contributed by atoms with Gasteiger partial charge in [0.15, 0.2) is 0 Å². The van der Waals surface area contributed by atoms with Crippen LogP contribution >= 0.6 is 0 Å². The fraction of sp³-hybridized carbons (Fsp3) is 0.636. The van der Waals surface area contributed by atoms with E-state index in [1.807, 2.05) is 0 Å². The van der Waals surface area contributed by atoms with Crippen molar-refractivity contribution in [3.63, 3.8) is 0 Å². The lowest BCUT2D eigenvalue weighted by Crippen LogP contribution is -2.08. The number of hydrogen-bond donors (Lipinski definition) is 0. The zero-order valence-electron chi connectivity index (χ0n) is 8.91. The minimum Gasteiger partial charge on any atom is -0.469 e. The number of methoxy groups -OCH3 is 1. The molecule has 0 bridgehead atoms. The van der Waals surface area contributed by atoms with Gasteiger partial charge in [-0.05, 0) is 19.3 Å². The molecule has 14 heavy (non-hydrogen) atoms. The van der Waals surface area contributed by atoms with Crippen LogP contribution in [0.15, 0.2) is 12.2 Å². The van der Waals surface area contributed by atoms with Crippen molar-refractivity contribution >= 4 is 11.8 Å². The van der Waals surface area contributed by atoms with E-state index in [1.165, 1.54) is 7.11 Å². The van der Waals surface area contributed by atoms with Gasteiger partial charge in [0, 0.05) is 6.42 Å². The van der Waals surface area contributed by atoms with E-state index in [-0.39, 0.29) is 12.2 Å². The van der Waals surface area contributed by atoms with Gasteiger partial charge in [-0.15, -0.1) is 0 Å². The van der Waals surface area contributed by atoms with Crippen LogP contribution in [0.3, 0.4) is 0 Å². The third-order valence-electron chi connectivity index (χ3n) is 1.80. The van der Waals surface area contributed by atoms with E-state index in [4.69, 9.17) is 0 Å². The number of esters is 1. The Morgan fingerprint density at radius 1 is 1.29 bits per heavy atom. The maximum absolute atomic E-state index is 11.1. The Balaban J connectivity index is 3.45. The number of hydrogen-bond acceptors (Lipinski definition) is 3. The lowest BCUT2D eigenvalue weighted by molar-refractivity contribution is -0.143. The van der Waals surface area contributed by atoms with Crippen molar-refractivity contribution in [1.29, 1.82) is 0 Å². The topological polar surface area (TPSA) is 43.4 Å². The van der Waals surface area contributed by atoms with Crippen molar-refractivity contribution < 1.29 is 14.3 Å². The summed E-state index contributed by atoms with van der Waals surface area (Å²) >= 11 is 0. The second-order valence-electron chi connectivity index (χ2n) is 3.06. The molecule has 0 saturated carbocycles. The van der Waals surface area contributed by atoms with Crippen LogP contribution in [0.25, 0.3) is 0 Å². The molecule has 0 amide bonds. The molecule has 0 radical (unpaired) electrons. The van der Waals surface area contributed by atoms with Crippen LogP contribution in [0.4, 0.5) is 0 Å². The van der Waals surface area contributed by atoms with Crippen LogP contribution in [0, 0.1) is 0 Å². The first-order valence-corrected chi connectivity index (χ1v) is 4.94. The van der Waals surface area contributed by atoms with Crippen LogP contribution in [0.1, 0.15) is 39.0 Å². The molecule has 0 heterocycles. The summed E-state index contributed by atoms with van der Waals surface area (Å²) in [6, 6.07) is 0. The van der Waals surface area contributed by atoms with Gasteiger partial charge < -0.3 is 4.74 Å². The zero-order valence-corrected chi connectivity index (χ0v) is 8.91. The summed E-state index contributed by atoms with van der Waals surface area (Å²) in [6.45, 7) is 2.07. The molecule has 0 aliphatic heterocycles. The Hall–Kier alpha value is -1.12. The number of ether oxygens (including phenoxy) is 1. The summed E-state index contributed by atoms with van der Waals surface area (Å²) < 4.78 is 4.39. The van der Waals surface area contributed by atoms with Crippen LogP contribution < -0.4 is 0 Å². The largest absolute Gasteiger partial charge is 0.469 e. The molecule has 3 heteroatoms. The second kappa shape index (κ2) is 8.48. The molecule has 0 aromatic carbocycles. The van der Waals surface area contributed by atoms with Crippen LogP contribution in [-0.4, -0.2) is 18.9 Å². The van der Waals surface area contributed by atoms with Gasteiger partial charge >= 0.3 is 5.97 Å². The van der Waals surface area contributed by atoms with Crippen molar-refractivity contribution in [2.45, 2.75) is 39.0 Å². The summed E-state index contributed by atoms with van der Waals surface area (Å²) in [7, 11) is 1.29. The molecule has 0 rings (SSSR count). The Kier molecular flexibility index (Phi) is 7.80. The monoisotopic (exact) mass is 198 g/mol. The highest BCUT2D eigenvalue weighted by atomic mass is 16.5. The fourth-order valence-electron chi connectivity index (χ4n) is 1.02. The molecule has 0 spiro atoms. The van der Waals surface area contributed by atoms with Crippen molar-refractivity contribution in [2.75, 3.05) is 7.11 Å². The Morgan fingerprint density at radius 2 is 2.00 bits per heavy atom. The molecule has 0 saturated heterocycles. The number of ketones is 1. The van der Waals surface area contributed by atoms with Crippen LogP contribution in [-0.2, 0) is 14.3 Å². The van der Waals surface area contributed by atoms with Gasteiger partial charge in [0.05, 0.1) is 7.11 Å². The molecule has 0 atom stereocenters. The molecule has 0 fully saturated rings. The smallest absolute Gasteiger partial charge is 0.313 e. The first kappa shape index (κ1) is 12.9. The standard InChI is InChI=1S/C11H18O3/c1-3-4-5-6-7-8-10(12)9-11(13)14-2/h4-5H,3,6-9H2,1-2H3/b5-4+. The van der Waals surface area contributed by atoms with Gasteiger partial charge in [-0.3, -0.25) is 9.59 Å². The first-order valence-electron chi connectivity index (χ1n) is 4.94. The molecule has 80 valence electrons. The fourth-order valence-corrected chi connectivity index (χ4v) is 1.02. The van der Waals surface area contributed by atoms with E-state index in [0.717, 1.165) is 19.3 Å². The van der Waals surface area contributed by atoms with E-state index >= 15 is 0 Å². The molecule has 3 nitrogen and oxygen atoms in total. The average molecular weight is 198 g/mol. The normalized spacial score (nSPS) is 10.4. The number of unbranched alkanes of at least 4 members (excludes halogenated alkanes) is 1. The molecule has 0 aliphatic carbocycles. The predicted molar refractivity (Wildman–Crippen MR) is 54.9 cm³/mol. The van der Waals surface area contributed by atoms with Gasteiger partial charge in [0.25, 0.3) is 0 Å². The highest BCUT2D eigenvalue weighted by Gasteiger charge is 2.07. The van der Waals surface area contributed by atoms with Gasteiger partial charge in [-0.25, -0.2) is 0 Å². The van der Waals surface area contributed by atoms with Gasteiger partial charge in [-0.2, -0.15) is 0 Å². The number of rotatable bonds is 7. The number of carbonyl (C=O) groups excluding carboxylic acids is 2. The van der Waals surface area contributed by atoms with Crippen molar-refractivity contribution in [1.82, 2.24) is 0 Å². The summed E-state index contributed by atoms with van der Waals surface area (Å²) in [5, 5.41) is 0. The van der Waals surface area contributed by atoms with Crippen molar-refractivity contribution in [2.24, 2.45) is 0 Å². The lowest BCUT2D eigenvalue weighted by Gasteiger charge is -1.97. The van der Waals surface area contributed by atoms with Crippen molar-refractivity contribution in [3.05, 3.63) is 12.2 Å². The Bertz CT molecular complexity index is 207. The molecule has 0 aromatic heterocycles. The van der Waals surface area contributed by atoms with Crippen LogP contribution in [0.5, 0.6) is 0 Å². The predicted octanol–water partition coefficient (Wildman–Crippen LogP) is 2.26. The van der Waals surface area contributed by atoms with Gasteiger partial charge in [0.2, 0.25) is 0 Å². The zero-order chi connectivity index (χ0) is 10.8. The second-order valence-corrected chi connectivity index (χ2v) is 3.06. The average Bonchev–Trinajstić information content (AvgIpc) is 2.17. The molecule has 0 N–H and O–H groups in total. The Labute approximate surface area is 85.1 Å². The quantitative estimate of drug-likeness (QED) is 0.273.